The van der Waals surface area contributed by atoms with Crippen LogP contribution in [0.3, 0.4) is 0 Å². The molecule has 2 aromatic rings. The van der Waals surface area contributed by atoms with Crippen LogP contribution in [0.5, 0.6) is 5.88 Å². The van der Waals surface area contributed by atoms with Crippen molar-refractivity contribution in [3.63, 3.8) is 0 Å². The summed E-state index contributed by atoms with van der Waals surface area (Å²) in [6, 6.07) is 8.10. The summed E-state index contributed by atoms with van der Waals surface area (Å²) in [6.45, 7) is 0.522. The van der Waals surface area contributed by atoms with Gasteiger partial charge in [-0.3, -0.25) is 0 Å². The Labute approximate surface area is 93.9 Å². The first-order chi connectivity index (χ1) is 7.85. The predicted octanol–water partition coefficient (Wildman–Crippen LogP) is 1.68. The fourth-order valence-electron chi connectivity index (χ4n) is 1.69. The molecule has 1 heterocycles. The minimum Gasteiger partial charge on any atom is -0.481 e. The summed E-state index contributed by atoms with van der Waals surface area (Å²) in [6.07, 6.45) is 2.54. The average molecular weight is 218 g/mol. The number of aromatic nitrogens is 1. The van der Waals surface area contributed by atoms with Gasteiger partial charge in [-0.15, -0.1) is 0 Å². The Morgan fingerprint density at radius 3 is 2.94 bits per heavy atom. The maximum absolute atomic E-state index is 5.19. The zero-order chi connectivity index (χ0) is 11.4. The highest BCUT2D eigenvalue weighted by molar-refractivity contribution is 5.87. The number of nitrogens with zero attached hydrogens (tertiary/aromatic N) is 1. The van der Waals surface area contributed by atoms with E-state index >= 15 is 0 Å². The Bertz CT molecular complexity index is 485. The Balaban J connectivity index is 2.39. The van der Waals surface area contributed by atoms with Gasteiger partial charge in [0.25, 0.3) is 0 Å². The summed E-state index contributed by atoms with van der Waals surface area (Å²) >= 11 is 0. The van der Waals surface area contributed by atoms with Crippen molar-refractivity contribution < 1.29 is 9.57 Å². The van der Waals surface area contributed by atoms with E-state index in [1.165, 1.54) is 5.56 Å². The van der Waals surface area contributed by atoms with Crippen LogP contribution in [-0.4, -0.2) is 18.7 Å². The van der Waals surface area contributed by atoms with E-state index in [9.17, 15) is 0 Å². The first-order valence-corrected chi connectivity index (χ1v) is 5.08. The van der Waals surface area contributed by atoms with Gasteiger partial charge in [-0.1, -0.05) is 12.1 Å². The summed E-state index contributed by atoms with van der Waals surface area (Å²) in [5, 5.41) is 2.13. The van der Waals surface area contributed by atoms with Crippen molar-refractivity contribution in [3.05, 3.63) is 36.0 Å². The van der Waals surface area contributed by atoms with Crippen molar-refractivity contribution in [2.24, 2.45) is 5.90 Å². The molecule has 84 valence electrons. The SMILES string of the molecule is COc1nccc2cc(CCON)ccc12. The monoisotopic (exact) mass is 218 g/mol. The van der Waals surface area contributed by atoms with Crippen molar-refractivity contribution in [1.29, 1.82) is 0 Å². The van der Waals surface area contributed by atoms with Gasteiger partial charge in [0.2, 0.25) is 5.88 Å². The lowest BCUT2D eigenvalue weighted by Gasteiger charge is -2.06. The van der Waals surface area contributed by atoms with Crippen LogP contribution in [0.2, 0.25) is 0 Å². The topological polar surface area (TPSA) is 57.4 Å². The third kappa shape index (κ3) is 2.13. The summed E-state index contributed by atoms with van der Waals surface area (Å²) < 4.78 is 5.19. The van der Waals surface area contributed by atoms with Gasteiger partial charge in [0.15, 0.2) is 0 Å². The maximum Gasteiger partial charge on any atom is 0.221 e. The van der Waals surface area contributed by atoms with Gasteiger partial charge in [0.05, 0.1) is 13.7 Å². The molecule has 0 aliphatic heterocycles. The van der Waals surface area contributed by atoms with Crippen molar-refractivity contribution in [1.82, 2.24) is 4.98 Å². The lowest BCUT2D eigenvalue weighted by Crippen LogP contribution is -2.03. The van der Waals surface area contributed by atoms with E-state index in [2.05, 4.69) is 15.9 Å². The van der Waals surface area contributed by atoms with Crippen LogP contribution in [-0.2, 0) is 11.3 Å². The highest BCUT2D eigenvalue weighted by Crippen LogP contribution is 2.23. The van der Waals surface area contributed by atoms with Gasteiger partial charge in [0, 0.05) is 11.6 Å². The number of nitrogens with two attached hydrogens (primary N) is 1. The Morgan fingerprint density at radius 1 is 1.31 bits per heavy atom. The smallest absolute Gasteiger partial charge is 0.221 e. The molecule has 0 atom stereocenters. The molecular weight excluding hydrogens is 204 g/mol. The third-order valence-corrected chi connectivity index (χ3v) is 2.49. The van der Waals surface area contributed by atoms with E-state index in [1.54, 1.807) is 13.3 Å². The van der Waals surface area contributed by atoms with Crippen molar-refractivity contribution in [2.75, 3.05) is 13.7 Å². The van der Waals surface area contributed by atoms with Crippen molar-refractivity contribution >= 4 is 10.8 Å². The molecule has 4 nitrogen and oxygen atoms in total. The number of methoxy groups -OCH3 is 1. The Kier molecular flexibility index (Phi) is 3.34. The average Bonchev–Trinajstić information content (AvgIpc) is 2.35. The molecule has 4 heteroatoms. The lowest BCUT2D eigenvalue weighted by atomic mass is 10.1. The number of hydrogen-bond acceptors (Lipinski definition) is 4. The number of benzene rings is 1. The molecular formula is C12H14N2O2. The molecule has 0 unspecified atom stereocenters. The molecule has 0 radical (unpaired) electrons. The molecule has 0 amide bonds. The highest BCUT2D eigenvalue weighted by atomic mass is 16.6. The minimum absolute atomic E-state index is 0.522. The second-order valence-electron chi connectivity index (χ2n) is 3.50. The van der Waals surface area contributed by atoms with E-state index in [4.69, 9.17) is 10.6 Å². The molecule has 0 aliphatic rings. The zero-order valence-corrected chi connectivity index (χ0v) is 9.14. The fraction of sp³-hybridized carbons (Fsp3) is 0.250. The lowest BCUT2D eigenvalue weighted by molar-refractivity contribution is 0.141. The molecule has 0 spiro atoms. The van der Waals surface area contributed by atoms with Crippen molar-refractivity contribution in [3.8, 4) is 5.88 Å². The van der Waals surface area contributed by atoms with E-state index in [0.29, 0.717) is 12.5 Å². The first kappa shape index (κ1) is 10.9. The quantitative estimate of drug-likeness (QED) is 0.793. The first-order valence-electron chi connectivity index (χ1n) is 5.08. The minimum atomic E-state index is 0.522. The number of rotatable bonds is 4. The molecule has 16 heavy (non-hydrogen) atoms. The molecule has 2 N–H and O–H groups in total. The van der Waals surface area contributed by atoms with Gasteiger partial charge in [-0.25, -0.2) is 10.9 Å². The molecule has 0 bridgehead atoms. The largest absolute Gasteiger partial charge is 0.481 e. The maximum atomic E-state index is 5.19. The Morgan fingerprint density at radius 2 is 2.19 bits per heavy atom. The van der Waals surface area contributed by atoms with Gasteiger partial charge in [0.1, 0.15) is 0 Å². The molecule has 0 aliphatic carbocycles. The van der Waals surface area contributed by atoms with Gasteiger partial charge in [-0.05, 0) is 29.5 Å². The van der Waals surface area contributed by atoms with Crippen LogP contribution in [0.4, 0.5) is 0 Å². The van der Waals surface area contributed by atoms with Crippen LogP contribution in [0, 0.1) is 0 Å². The van der Waals surface area contributed by atoms with E-state index in [-0.39, 0.29) is 0 Å². The summed E-state index contributed by atoms with van der Waals surface area (Å²) in [4.78, 5) is 8.72. The highest BCUT2D eigenvalue weighted by Gasteiger charge is 2.02. The van der Waals surface area contributed by atoms with Gasteiger partial charge >= 0.3 is 0 Å². The number of fused-ring (bicyclic) bond motifs is 1. The van der Waals surface area contributed by atoms with Crippen LogP contribution in [0.1, 0.15) is 5.56 Å². The van der Waals surface area contributed by atoms with Crippen LogP contribution in [0.15, 0.2) is 30.5 Å². The standard InChI is InChI=1S/C12H14N2O2/c1-15-12-11-3-2-9(5-7-16-13)8-10(11)4-6-14-12/h2-4,6,8H,5,7,13H2,1H3. The molecule has 1 aromatic heterocycles. The summed E-state index contributed by atoms with van der Waals surface area (Å²) in [7, 11) is 1.62. The summed E-state index contributed by atoms with van der Waals surface area (Å²) in [5.74, 6) is 5.66. The predicted molar refractivity (Wildman–Crippen MR) is 62.1 cm³/mol. The third-order valence-electron chi connectivity index (χ3n) is 2.49. The zero-order valence-electron chi connectivity index (χ0n) is 9.14. The number of hydrogen-bond donors (Lipinski definition) is 1. The van der Waals surface area contributed by atoms with E-state index in [1.807, 2.05) is 18.2 Å². The number of pyridine rings is 1. The van der Waals surface area contributed by atoms with E-state index in [0.717, 1.165) is 17.2 Å². The molecule has 1 aromatic carbocycles. The van der Waals surface area contributed by atoms with Crippen LogP contribution in [0.25, 0.3) is 10.8 Å². The fourth-order valence-corrected chi connectivity index (χ4v) is 1.69. The molecule has 0 saturated heterocycles. The second-order valence-corrected chi connectivity index (χ2v) is 3.50. The van der Waals surface area contributed by atoms with Crippen LogP contribution >= 0.6 is 0 Å². The van der Waals surface area contributed by atoms with E-state index < -0.39 is 0 Å². The molecule has 0 saturated carbocycles. The van der Waals surface area contributed by atoms with Crippen molar-refractivity contribution in [2.45, 2.75) is 6.42 Å². The van der Waals surface area contributed by atoms with Crippen LogP contribution < -0.4 is 10.6 Å². The molecule has 2 rings (SSSR count). The number of ether oxygens (including phenoxy) is 1. The normalized spacial score (nSPS) is 10.6. The Hall–Kier alpha value is -1.65. The molecule has 0 fully saturated rings. The second kappa shape index (κ2) is 4.92. The van der Waals surface area contributed by atoms with Gasteiger partial charge < -0.3 is 9.57 Å². The van der Waals surface area contributed by atoms with Gasteiger partial charge in [-0.2, -0.15) is 0 Å². The summed E-state index contributed by atoms with van der Waals surface area (Å²) in [5.41, 5.74) is 1.19.